The van der Waals surface area contributed by atoms with E-state index < -0.39 is 0 Å². The van der Waals surface area contributed by atoms with Gasteiger partial charge in [0, 0.05) is 17.7 Å². The van der Waals surface area contributed by atoms with Crippen LogP contribution in [0.25, 0.3) is 0 Å². The van der Waals surface area contributed by atoms with Crippen LogP contribution in [0.2, 0.25) is 5.02 Å². The second kappa shape index (κ2) is 8.52. The lowest BCUT2D eigenvalue weighted by molar-refractivity contribution is 0.0768. The summed E-state index contributed by atoms with van der Waals surface area (Å²) in [6.45, 7) is 8.17. The van der Waals surface area contributed by atoms with Crippen molar-refractivity contribution in [3.05, 3.63) is 34.9 Å². The summed E-state index contributed by atoms with van der Waals surface area (Å²) >= 11 is 5.86. The number of benzene rings is 1. The first kappa shape index (κ1) is 15.5. The fourth-order valence-electron chi connectivity index (χ4n) is 1.79. The van der Waals surface area contributed by atoms with Crippen LogP contribution in [0.15, 0.2) is 24.3 Å². The maximum atomic E-state index is 5.86. The summed E-state index contributed by atoms with van der Waals surface area (Å²) in [4.78, 5) is 0. The maximum Gasteiger partial charge on any atom is 0.0518 e. The van der Waals surface area contributed by atoms with E-state index in [0.29, 0.717) is 12.1 Å². The van der Waals surface area contributed by atoms with Crippen molar-refractivity contribution in [3.8, 4) is 0 Å². The first-order valence-electron chi connectivity index (χ1n) is 6.67. The SMILES string of the molecule is CC(Cc1ccc(Cl)cc1)NCCCOC(C)C. The van der Waals surface area contributed by atoms with Crippen LogP contribution in [0.4, 0.5) is 0 Å². The number of ether oxygens (including phenoxy) is 1. The summed E-state index contributed by atoms with van der Waals surface area (Å²) in [5.41, 5.74) is 1.32. The zero-order valence-electron chi connectivity index (χ0n) is 11.6. The van der Waals surface area contributed by atoms with Crippen molar-refractivity contribution >= 4 is 11.6 Å². The molecule has 1 atom stereocenters. The van der Waals surface area contributed by atoms with Crippen molar-refractivity contribution in [2.75, 3.05) is 13.2 Å². The molecule has 1 aromatic rings. The Kier molecular flexibility index (Phi) is 7.33. The van der Waals surface area contributed by atoms with Crippen LogP contribution in [0.1, 0.15) is 32.8 Å². The normalized spacial score (nSPS) is 12.9. The lowest BCUT2D eigenvalue weighted by atomic mass is 10.1. The highest BCUT2D eigenvalue weighted by Gasteiger charge is 2.02. The van der Waals surface area contributed by atoms with Crippen molar-refractivity contribution in [3.63, 3.8) is 0 Å². The van der Waals surface area contributed by atoms with Gasteiger partial charge in [-0.3, -0.25) is 0 Å². The van der Waals surface area contributed by atoms with Crippen LogP contribution in [-0.2, 0) is 11.2 Å². The number of rotatable bonds is 8. The van der Waals surface area contributed by atoms with Crippen molar-refractivity contribution in [2.24, 2.45) is 0 Å². The molecule has 0 aromatic heterocycles. The summed E-state index contributed by atoms with van der Waals surface area (Å²) in [5.74, 6) is 0. The van der Waals surface area contributed by atoms with Gasteiger partial charge in [-0.1, -0.05) is 23.7 Å². The van der Waals surface area contributed by atoms with Gasteiger partial charge in [0.15, 0.2) is 0 Å². The van der Waals surface area contributed by atoms with Crippen molar-refractivity contribution in [1.82, 2.24) is 5.32 Å². The Morgan fingerprint density at radius 1 is 1.17 bits per heavy atom. The molecule has 0 saturated heterocycles. The number of nitrogens with one attached hydrogen (secondary N) is 1. The Balaban J connectivity index is 2.13. The fourth-order valence-corrected chi connectivity index (χ4v) is 1.91. The molecule has 1 N–H and O–H groups in total. The minimum Gasteiger partial charge on any atom is -0.379 e. The van der Waals surface area contributed by atoms with Gasteiger partial charge in [0.05, 0.1) is 6.10 Å². The topological polar surface area (TPSA) is 21.3 Å². The second-order valence-electron chi connectivity index (χ2n) is 4.96. The molecule has 0 bridgehead atoms. The molecule has 0 aliphatic heterocycles. The molecule has 0 radical (unpaired) electrons. The van der Waals surface area contributed by atoms with Gasteiger partial charge in [-0.2, -0.15) is 0 Å². The van der Waals surface area contributed by atoms with Crippen LogP contribution in [0, 0.1) is 0 Å². The molecule has 0 amide bonds. The van der Waals surface area contributed by atoms with Gasteiger partial charge in [-0.05, 0) is 57.9 Å². The molecule has 2 nitrogen and oxygen atoms in total. The quantitative estimate of drug-likeness (QED) is 0.727. The molecule has 1 aromatic carbocycles. The largest absolute Gasteiger partial charge is 0.379 e. The van der Waals surface area contributed by atoms with Crippen LogP contribution in [-0.4, -0.2) is 25.3 Å². The molecule has 0 heterocycles. The average Bonchev–Trinajstić information content (AvgIpc) is 2.31. The molecule has 0 spiro atoms. The van der Waals surface area contributed by atoms with Crippen molar-refractivity contribution in [1.29, 1.82) is 0 Å². The number of halogens is 1. The molecule has 1 rings (SSSR count). The van der Waals surface area contributed by atoms with Gasteiger partial charge in [0.1, 0.15) is 0 Å². The Labute approximate surface area is 116 Å². The van der Waals surface area contributed by atoms with Gasteiger partial charge in [0.25, 0.3) is 0 Å². The standard InChI is InChI=1S/C15H24ClNO/c1-12(2)18-10-4-9-17-13(3)11-14-5-7-15(16)8-6-14/h5-8,12-13,17H,4,9-11H2,1-3H3. The molecule has 1 unspecified atom stereocenters. The molecule has 0 aliphatic carbocycles. The van der Waals surface area contributed by atoms with E-state index in [1.54, 1.807) is 0 Å². The highest BCUT2D eigenvalue weighted by atomic mass is 35.5. The number of hydrogen-bond donors (Lipinski definition) is 1. The zero-order valence-corrected chi connectivity index (χ0v) is 12.3. The minimum atomic E-state index is 0.330. The second-order valence-corrected chi connectivity index (χ2v) is 5.40. The molecule has 18 heavy (non-hydrogen) atoms. The lowest BCUT2D eigenvalue weighted by Gasteiger charge is -2.14. The maximum absolute atomic E-state index is 5.86. The van der Waals surface area contributed by atoms with Crippen LogP contribution in [0.3, 0.4) is 0 Å². The summed E-state index contributed by atoms with van der Waals surface area (Å²) in [5, 5.41) is 4.30. The average molecular weight is 270 g/mol. The van der Waals surface area contributed by atoms with Crippen LogP contribution >= 0.6 is 11.6 Å². The third-order valence-corrected chi connectivity index (χ3v) is 2.97. The van der Waals surface area contributed by atoms with E-state index in [1.165, 1.54) is 5.56 Å². The fraction of sp³-hybridized carbons (Fsp3) is 0.600. The summed E-state index contributed by atoms with van der Waals surface area (Å²) < 4.78 is 5.50. The Morgan fingerprint density at radius 2 is 1.83 bits per heavy atom. The molecule has 102 valence electrons. The molecular formula is C15H24ClNO. The Morgan fingerprint density at radius 3 is 2.44 bits per heavy atom. The predicted octanol–water partition coefficient (Wildman–Crippen LogP) is 3.68. The Bertz CT molecular complexity index is 324. The highest BCUT2D eigenvalue weighted by molar-refractivity contribution is 6.30. The summed E-state index contributed by atoms with van der Waals surface area (Å²) in [7, 11) is 0. The monoisotopic (exact) mass is 269 g/mol. The van der Waals surface area contributed by atoms with Gasteiger partial charge < -0.3 is 10.1 Å². The van der Waals surface area contributed by atoms with E-state index in [0.717, 1.165) is 31.0 Å². The molecule has 0 aliphatic rings. The van der Waals surface area contributed by atoms with Crippen LogP contribution in [0.5, 0.6) is 0 Å². The number of hydrogen-bond acceptors (Lipinski definition) is 2. The van der Waals surface area contributed by atoms with Crippen LogP contribution < -0.4 is 5.32 Å². The van der Waals surface area contributed by atoms with Gasteiger partial charge in [-0.15, -0.1) is 0 Å². The first-order chi connectivity index (χ1) is 8.58. The zero-order chi connectivity index (χ0) is 13.4. The van der Waals surface area contributed by atoms with E-state index in [9.17, 15) is 0 Å². The molecule has 0 saturated carbocycles. The van der Waals surface area contributed by atoms with Crippen molar-refractivity contribution in [2.45, 2.75) is 45.8 Å². The van der Waals surface area contributed by atoms with E-state index in [2.05, 4.69) is 38.2 Å². The highest BCUT2D eigenvalue weighted by Crippen LogP contribution is 2.10. The van der Waals surface area contributed by atoms with E-state index in [1.807, 2.05) is 12.1 Å². The third-order valence-electron chi connectivity index (χ3n) is 2.72. The van der Waals surface area contributed by atoms with Gasteiger partial charge in [-0.25, -0.2) is 0 Å². The lowest BCUT2D eigenvalue weighted by Crippen LogP contribution is -2.29. The molecular weight excluding hydrogens is 246 g/mol. The smallest absolute Gasteiger partial charge is 0.0518 e. The summed E-state index contributed by atoms with van der Waals surface area (Å²) in [6, 6.07) is 8.54. The predicted molar refractivity (Wildman–Crippen MR) is 78.3 cm³/mol. The van der Waals surface area contributed by atoms with E-state index in [4.69, 9.17) is 16.3 Å². The van der Waals surface area contributed by atoms with Gasteiger partial charge in [0.2, 0.25) is 0 Å². The van der Waals surface area contributed by atoms with E-state index >= 15 is 0 Å². The third kappa shape index (κ3) is 7.00. The minimum absolute atomic E-state index is 0.330. The van der Waals surface area contributed by atoms with E-state index in [-0.39, 0.29) is 0 Å². The van der Waals surface area contributed by atoms with Gasteiger partial charge >= 0.3 is 0 Å². The first-order valence-corrected chi connectivity index (χ1v) is 7.05. The summed E-state index contributed by atoms with van der Waals surface area (Å²) in [6.07, 6.45) is 2.42. The molecule has 3 heteroatoms. The van der Waals surface area contributed by atoms with Crippen molar-refractivity contribution < 1.29 is 4.74 Å². The Hall–Kier alpha value is -0.570. The molecule has 0 fully saturated rings.